The molecule has 1 aliphatic carbocycles. The first-order valence-corrected chi connectivity index (χ1v) is 10.6. The zero-order valence-electron chi connectivity index (χ0n) is 17.3. The van der Waals surface area contributed by atoms with Crippen LogP contribution in [0.25, 0.3) is 0 Å². The molecule has 1 saturated heterocycles. The lowest BCUT2D eigenvalue weighted by Gasteiger charge is -2.28. The van der Waals surface area contributed by atoms with Crippen molar-refractivity contribution >= 4 is 5.82 Å². The van der Waals surface area contributed by atoms with E-state index in [1.54, 1.807) is 6.07 Å². The van der Waals surface area contributed by atoms with Crippen LogP contribution in [-0.2, 0) is 0 Å². The van der Waals surface area contributed by atoms with Gasteiger partial charge in [-0.2, -0.15) is 0 Å². The van der Waals surface area contributed by atoms with Crippen molar-refractivity contribution in [1.29, 1.82) is 0 Å². The summed E-state index contributed by atoms with van der Waals surface area (Å²) in [5.41, 5.74) is 2.39. The van der Waals surface area contributed by atoms with Crippen LogP contribution in [0.2, 0.25) is 0 Å². The Hall–Kier alpha value is -2.18. The molecule has 2 heterocycles. The highest BCUT2D eigenvalue weighted by atomic mass is 19.1. The van der Waals surface area contributed by atoms with Crippen molar-refractivity contribution in [2.75, 3.05) is 38.2 Å². The number of anilines is 1. The second-order valence-corrected chi connectivity index (χ2v) is 8.18. The van der Waals surface area contributed by atoms with E-state index in [-0.39, 0.29) is 11.9 Å². The molecular formula is C23H31FN4O. The van der Waals surface area contributed by atoms with Gasteiger partial charge in [0, 0.05) is 44.5 Å². The van der Waals surface area contributed by atoms with Gasteiger partial charge in [-0.05, 0) is 61.4 Å². The molecule has 156 valence electrons. The highest BCUT2D eigenvalue weighted by molar-refractivity contribution is 5.40. The molecule has 6 heteroatoms. The van der Waals surface area contributed by atoms with E-state index in [0.717, 1.165) is 50.4 Å². The second-order valence-electron chi connectivity index (χ2n) is 8.18. The fourth-order valence-electron chi connectivity index (χ4n) is 4.55. The molecule has 2 aromatic rings. The molecule has 29 heavy (non-hydrogen) atoms. The summed E-state index contributed by atoms with van der Waals surface area (Å²) >= 11 is 0. The van der Waals surface area contributed by atoms with E-state index < -0.39 is 0 Å². The molecule has 1 aromatic heterocycles. The normalized spacial score (nSPS) is 23.2. The number of pyridine rings is 1. The van der Waals surface area contributed by atoms with Gasteiger partial charge in [0.2, 0.25) is 0 Å². The molecule has 0 spiro atoms. The van der Waals surface area contributed by atoms with Gasteiger partial charge in [-0.1, -0.05) is 12.1 Å². The van der Waals surface area contributed by atoms with Gasteiger partial charge >= 0.3 is 0 Å². The molecule has 0 amide bonds. The van der Waals surface area contributed by atoms with Crippen LogP contribution in [0.4, 0.5) is 10.2 Å². The number of hydrogen-bond acceptors (Lipinski definition) is 5. The van der Waals surface area contributed by atoms with Crippen molar-refractivity contribution in [1.82, 2.24) is 15.6 Å². The minimum Gasteiger partial charge on any atom is -0.494 e. The average Bonchev–Trinajstić information content (AvgIpc) is 3.23. The van der Waals surface area contributed by atoms with Gasteiger partial charge in [-0.15, -0.1) is 0 Å². The van der Waals surface area contributed by atoms with Crippen LogP contribution in [0.15, 0.2) is 36.5 Å². The summed E-state index contributed by atoms with van der Waals surface area (Å²) in [4.78, 5) is 7.08. The highest BCUT2D eigenvalue weighted by Crippen LogP contribution is 2.36. The molecule has 1 aromatic carbocycles. The van der Waals surface area contributed by atoms with Crippen LogP contribution in [-0.4, -0.2) is 44.3 Å². The molecule has 4 rings (SSSR count). The smallest absolute Gasteiger partial charge is 0.165 e. The first-order valence-electron chi connectivity index (χ1n) is 10.6. The Balaban J connectivity index is 1.34. The number of methoxy groups -OCH3 is 1. The van der Waals surface area contributed by atoms with Crippen molar-refractivity contribution in [2.24, 2.45) is 0 Å². The number of rotatable bonds is 6. The topological polar surface area (TPSA) is 49.4 Å². The zero-order valence-corrected chi connectivity index (χ0v) is 17.3. The van der Waals surface area contributed by atoms with Crippen LogP contribution < -0.4 is 20.3 Å². The van der Waals surface area contributed by atoms with E-state index in [0.29, 0.717) is 17.7 Å². The molecule has 2 N–H and O–H groups in total. The fraction of sp³-hybridized carbons (Fsp3) is 0.522. The van der Waals surface area contributed by atoms with Crippen molar-refractivity contribution < 1.29 is 9.13 Å². The van der Waals surface area contributed by atoms with Crippen molar-refractivity contribution in [3.63, 3.8) is 0 Å². The third-order valence-corrected chi connectivity index (χ3v) is 6.28. The first kappa shape index (κ1) is 20.1. The Labute approximate surface area is 172 Å². The van der Waals surface area contributed by atoms with E-state index in [9.17, 15) is 4.39 Å². The summed E-state index contributed by atoms with van der Waals surface area (Å²) in [6, 6.07) is 10.1. The number of aromatic nitrogens is 1. The Morgan fingerprint density at radius 3 is 2.76 bits per heavy atom. The number of ether oxygens (including phenoxy) is 1. The lowest BCUT2D eigenvalue weighted by atomic mass is 9.99. The van der Waals surface area contributed by atoms with Gasteiger partial charge in [0.1, 0.15) is 5.82 Å². The highest BCUT2D eigenvalue weighted by Gasteiger charge is 2.27. The maximum Gasteiger partial charge on any atom is 0.165 e. The number of nitrogens with zero attached hydrogens (tertiary/aromatic N) is 2. The van der Waals surface area contributed by atoms with Gasteiger partial charge in [0.15, 0.2) is 11.6 Å². The van der Waals surface area contributed by atoms with Gasteiger partial charge in [0.05, 0.1) is 7.11 Å². The standard InChI is InChI=1S/C23H31FN4O/c1-16(17-4-7-21(24)22(14-17)29-2)27-20-6-3-18(13-20)19-5-8-23(26-15-19)28-11-9-25-10-12-28/h4-5,7-8,14-16,18,20,25,27H,3,6,9-13H2,1-2H3/t16?,18-,20+/m1/s1. The molecule has 2 aliphatic rings. The molecule has 1 saturated carbocycles. The summed E-state index contributed by atoms with van der Waals surface area (Å²) in [6.07, 6.45) is 5.49. The maximum absolute atomic E-state index is 13.7. The minimum atomic E-state index is -0.318. The second kappa shape index (κ2) is 9.09. The number of nitrogens with one attached hydrogen (secondary N) is 2. The van der Waals surface area contributed by atoms with E-state index in [2.05, 4.69) is 40.8 Å². The largest absolute Gasteiger partial charge is 0.494 e. The summed E-state index contributed by atoms with van der Waals surface area (Å²) in [7, 11) is 1.50. The Bertz CT molecular complexity index is 807. The Kier molecular flexibility index (Phi) is 6.31. The minimum absolute atomic E-state index is 0.154. The molecule has 0 bridgehead atoms. The van der Waals surface area contributed by atoms with Crippen molar-refractivity contribution in [3.05, 3.63) is 53.5 Å². The molecule has 1 unspecified atom stereocenters. The Morgan fingerprint density at radius 2 is 2.03 bits per heavy atom. The first-order chi connectivity index (χ1) is 14.1. The summed E-state index contributed by atoms with van der Waals surface area (Å²) in [5, 5.41) is 7.10. The van der Waals surface area contributed by atoms with Crippen LogP contribution in [0, 0.1) is 5.82 Å². The van der Waals surface area contributed by atoms with Gasteiger partial charge < -0.3 is 20.3 Å². The average molecular weight is 399 g/mol. The molecule has 2 fully saturated rings. The van der Waals surface area contributed by atoms with Gasteiger partial charge in [-0.25, -0.2) is 9.37 Å². The van der Waals surface area contributed by atoms with Gasteiger partial charge in [-0.3, -0.25) is 0 Å². The monoisotopic (exact) mass is 398 g/mol. The summed E-state index contributed by atoms with van der Waals surface area (Å²) in [5.74, 6) is 1.62. The van der Waals surface area contributed by atoms with E-state index in [1.807, 2.05) is 6.07 Å². The SMILES string of the molecule is COc1cc(C(C)N[C@H]2CC[C@@H](c3ccc(N4CCNCC4)nc3)C2)ccc1F. The lowest BCUT2D eigenvalue weighted by molar-refractivity contribution is 0.384. The van der Waals surface area contributed by atoms with Crippen LogP contribution in [0.3, 0.4) is 0 Å². The van der Waals surface area contributed by atoms with Crippen LogP contribution in [0.1, 0.15) is 49.3 Å². The maximum atomic E-state index is 13.7. The number of hydrogen-bond donors (Lipinski definition) is 2. The third kappa shape index (κ3) is 4.70. The molecular weight excluding hydrogens is 367 g/mol. The van der Waals surface area contributed by atoms with E-state index >= 15 is 0 Å². The van der Waals surface area contributed by atoms with Crippen LogP contribution >= 0.6 is 0 Å². The van der Waals surface area contributed by atoms with Crippen LogP contribution in [0.5, 0.6) is 5.75 Å². The van der Waals surface area contributed by atoms with Gasteiger partial charge in [0.25, 0.3) is 0 Å². The molecule has 1 aliphatic heterocycles. The molecule has 5 nitrogen and oxygen atoms in total. The summed E-state index contributed by atoms with van der Waals surface area (Å²) < 4.78 is 18.8. The zero-order chi connectivity index (χ0) is 20.2. The van der Waals surface area contributed by atoms with E-state index in [4.69, 9.17) is 9.72 Å². The number of benzene rings is 1. The Morgan fingerprint density at radius 1 is 1.21 bits per heavy atom. The predicted molar refractivity (Wildman–Crippen MR) is 114 cm³/mol. The molecule has 3 atom stereocenters. The number of piperazine rings is 1. The third-order valence-electron chi connectivity index (χ3n) is 6.28. The van der Waals surface area contributed by atoms with Crippen molar-refractivity contribution in [2.45, 2.75) is 44.2 Å². The van der Waals surface area contributed by atoms with Crippen molar-refractivity contribution in [3.8, 4) is 5.75 Å². The quantitative estimate of drug-likeness (QED) is 0.778. The lowest BCUT2D eigenvalue weighted by Crippen LogP contribution is -2.43. The predicted octanol–water partition coefficient (Wildman–Crippen LogP) is 3.63. The fourth-order valence-corrected chi connectivity index (χ4v) is 4.55. The van der Waals surface area contributed by atoms with E-state index in [1.165, 1.54) is 25.2 Å². The summed E-state index contributed by atoms with van der Waals surface area (Å²) in [6.45, 7) is 6.22. The number of halogens is 1. The molecule has 0 radical (unpaired) electrons.